The van der Waals surface area contributed by atoms with Crippen LogP contribution in [-0.4, -0.2) is 25.4 Å². The first-order valence-corrected chi connectivity index (χ1v) is 6.14. The van der Waals surface area contributed by atoms with Crippen molar-refractivity contribution < 1.29 is 27.4 Å². The van der Waals surface area contributed by atoms with Crippen LogP contribution in [-0.2, 0) is 14.9 Å². The summed E-state index contributed by atoms with van der Waals surface area (Å²) < 4.78 is 48.4. The molecule has 0 fully saturated rings. The maximum Gasteiger partial charge on any atom is 0.397 e. The van der Waals surface area contributed by atoms with E-state index in [2.05, 4.69) is 4.74 Å². The lowest BCUT2D eigenvalue weighted by molar-refractivity contribution is -0.180. The quantitative estimate of drug-likeness (QED) is 0.779. The molecule has 0 aromatic heterocycles. The Morgan fingerprint density at radius 1 is 1.15 bits per heavy atom. The molecule has 20 heavy (non-hydrogen) atoms. The number of alkyl halides is 3. The van der Waals surface area contributed by atoms with Crippen LogP contribution in [0.1, 0.15) is 26.3 Å². The normalized spacial score (nSPS) is 12.1. The summed E-state index contributed by atoms with van der Waals surface area (Å²) in [6.45, 7) is 3.88. The van der Waals surface area contributed by atoms with E-state index in [9.17, 15) is 18.0 Å². The molecule has 0 radical (unpaired) electrons. The van der Waals surface area contributed by atoms with E-state index in [4.69, 9.17) is 4.74 Å². The maximum absolute atomic E-state index is 12.9. The molecule has 0 unspecified atom stereocenters. The average Bonchev–Trinajstić information content (AvgIpc) is 2.36. The Balaban J connectivity index is 2.72. The molecule has 1 aromatic rings. The highest BCUT2D eigenvalue weighted by Gasteiger charge is 2.48. The van der Waals surface area contributed by atoms with Crippen molar-refractivity contribution in [2.24, 2.45) is 0 Å². The van der Waals surface area contributed by atoms with Crippen LogP contribution >= 0.6 is 0 Å². The van der Waals surface area contributed by atoms with Gasteiger partial charge in [0.05, 0.1) is 12.0 Å². The van der Waals surface area contributed by atoms with Crippen molar-refractivity contribution in [1.82, 2.24) is 0 Å². The van der Waals surface area contributed by atoms with Crippen molar-refractivity contribution in [2.75, 3.05) is 13.2 Å². The molecule has 0 aliphatic rings. The molecule has 0 heterocycles. The van der Waals surface area contributed by atoms with E-state index in [1.807, 2.05) is 0 Å². The molecule has 0 amide bonds. The van der Waals surface area contributed by atoms with Crippen LogP contribution in [0.15, 0.2) is 24.3 Å². The van der Waals surface area contributed by atoms with Crippen LogP contribution in [0, 0.1) is 0 Å². The van der Waals surface area contributed by atoms with E-state index < -0.39 is 17.6 Å². The topological polar surface area (TPSA) is 35.5 Å². The van der Waals surface area contributed by atoms with Crippen LogP contribution in [0.4, 0.5) is 13.2 Å². The summed E-state index contributed by atoms with van der Waals surface area (Å²) >= 11 is 0. The van der Waals surface area contributed by atoms with Gasteiger partial charge in [-0.25, -0.2) is 4.79 Å². The Hall–Kier alpha value is -1.72. The number of hydrogen-bond donors (Lipinski definition) is 0. The van der Waals surface area contributed by atoms with Gasteiger partial charge in [-0.3, -0.25) is 0 Å². The minimum absolute atomic E-state index is 0.133. The van der Waals surface area contributed by atoms with Crippen molar-refractivity contribution in [3.8, 4) is 5.75 Å². The predicted molar refractivity (Wildman–Crippen MR) is 67.7 cm³/mol. The number of ether oxygens (including phenoxy) is 2. The van der Waals surface area contributed by atoms with Gasteiger partial charge in [0.15, 0.2) is 6.61 Å². The van der Waals surface area contributed by atoms with Gasteiger partial charge >= 0.3 is 12.1 Å². The summed E-state index contributed by atoms with van der Waals surface area (Å²) in [5.74, 6) is -0.202. The molecule has 6 heteroatoms. The van der Waals surface area contributed by atoms with Crippen molar-refractivity contribution >= 4 is 5.97 Å². The van der Waals surface area contributed by atoms with Gasteiger partial charge in [-0.15, -0.1) is 0 Å². The van der Waals surface area contributed by atoms with Crippen molar-refractivity contribution in [3.05, 3.63) is 29.8 Å². The summed E-state index contributed by atoms with van der Waals surface area (Å²) in [6.07, 6.45) is -4.33. The van der Waals surface area contributed by atoms with Crippen LogP contribution in [0.3, 0.4) is 0 Å². The molecule has 0 N–H and O–H groups in total. The van der Waals surface area contributed by atoms with E-state index in [1.54, 1.807) is 6.92 Å². The first-order valence-electron chi connectivity index (χ1n) is 6.14. The average molecular weight is 290 g/mol. The van der Waals surface area contributed by atoms with Crippen molar-refractivity contribution in [2.45, 2.75) is 32.4 Å². The number of carbonyl (C=O) groups excluding carboxylic acids is 1. The second kappa shape index (κ2) is 6.15. The Labute approximate surface area is 115 Å². The third kappa shape index (κ3) is 3.88. The summed E-state index contributed by atoms with van der Waals surface area (Å²) in [6, 6.07) is 5.49. The molecular weight excluding hydrogens is 273 g/mol. The molecule has 0 aliphatic carbocycles. The highest BCUT2D eigenvalue weighted by Crippen LogP contribution is 2.40. The van der Waals surface area contributed by atoms with Crippen LogP contribution in [0.25, 0.3) is 0 Å². The number of halogens is 3. The summed E-state index contributed by atoms with van der Waals surface area (Å²) in [4.78, 5) is 11.1. The second-order valence-corrected chi connectivity index (χ2v) is 4.74. The zero-order valence-electron chi connectivity index (χ0n) is 11.6. The molecule has 1 aromatic carbocycles. The Kier molecular flexibility index (Phi) is 5.03. The third-order valence-electron chi connectivity index (χ3n) is 2.95. The molecule has 0 bridgehead atoms. The van der Waals surface area contributed by atoms with Gasteiger partial charge in [0, 0.05) is 0 Å². The molecule has 112 valence electrons. The molecule has 3 nitrogen and oxygen atoms in total. The van der Waals surface area contributed by atoms with E-state index in [-0.39, 0.29) is 18.8 Å². The van der Waals surface area contributed by atoms with Gasteiger partial charge in [0.25, 0.3) is 0 Å². The van der Waals surface area contributed by atoms with Gasteiger partial charge in [-0.05, 0) is 38.5 Å². The number of rotatable bonds is 5. The van der Waals surface area contributed by atoms with Gasteiger partial charge in [-0.2, -0.15) is 13.2 Å². The SMILES string of the molecule is CCOC(=O)COc1ccc(C(C)(C)C(F)(F)F)cc1. The number of hydrogen-bond acceptors (Lipinski definition) is 3. The Morgan fingerprint density at radius 2 is 1.70 bits per heavy atom. The van der Waals surface area contributed by atoms with Crippen molar-refractivity contribution in [3.63, 3.8) is 0 Å². The van der Waals surface area contributed by atoms with Gasteiger partial charge < -0.3 is 9.47 Å². The van der Waals surface area contributed by atoms with E-state index in [0.29, 0.717) is 5.75 Å². The smallest absolute Gasteiger partial charge is 0.397 e. The zero-order valence-corrected chi connectivity index (χ0v) is 11.6. The van der Waals surface area contributed by atoms with Crippen LogP contribution in [0.5, 0.6) is 5.75 Å². The van der Waals surface area contributed by atoms with Crippen molar-refractivity contribution in [1.29, 1.82) is 0 Å². The zero-order chi connectivity index (χ0) is 15.4. The molecule has 1 rings (SSSR count). The first kappa shape index (κ1) is 16.3. The Morgan fingerprint density at radius 3 is 2.15 bits per heavy atom. The molecule has 0 aliphatic heterocycles. The second-order valence-electron chi connectivity index (χ2n) is 4.74. The highest BCUT2D eigenvalue weighted by molar-refractivity contribution is 5.71. The lowest BCUT2D eigenvalue weighted by atomic mass is 9.84. The predicted octanol–water partition coefficient (Wildman–Crippen LogP) is 3.47. The minimum Gasteiger partial charge on any atom is -0.482 e. The largest absolute Gasteiger partial charge is 0.482 e. The van der Waals surface area contributed by atoms with Crippen LogP contribution in [0.2, 0.25) is 0 Å². The number of benzene rings is 1. The number of esters is 1. The minimum atomic E-state index is -4.33. The van der Waals surface area contributed by atoms with Gasteiger partial charge in [-0.1, -0.05) is 12.1 Å². The molecule has 0 saturated heterocycles. The lowest BCUT2D eigenvalue weighted by Crippen LogP contribution is -2.36. The molecule has 0 spiro atoms. The molecular formula is C14H17F3O3. The van der Waals surface area contributed by atoms with E-state index in [0.717, 1.165) is 13.8 Å². The van der Waals surface area contributed by atoms with Crippen LogP contribution < -0.4 is 4.74 Å². The molecule has 0 saturated carbocycles. The monoisotopic (exact) mass is 290 g/mol. The highest BCUT2D eigenvalue weighted by atomic mass is 19.4. The summed E-state index contributed by atoms with van der Waals surface area (Å²) in [5.41, 5.74) is -1.80. The standard InChI is InChI=1S/C14H17F3O3/c1-4-19-12(18)9-20-11-7-5-10(6-8-11)13(2,3)14(15,16)17/h5-8H,4,9H2,1-3H3. The van der Waals surface area contributed by atoms with E-state index in [1.165, 1.54) is 24.3 Å². The summed E-state index contributed by atoms with van der Waals surface area (Å²) in [7, 11) is 0. The first-order chi connectivity index (χ1) is 9.18. The lowest BCUT2D eigenvalue weighted by Gasteiger charge is -2.28. The Bertz CT molecular complexity index is 450. The van der Waals surface area contributed by atoms with E-state index >= 15 is 0 Å². The van der Waals surface area contributed by atoms with Gasteiger partial charge in [0.2, 0.25) is 0 Å². The van der Waals surface area contributed by atoms with Gasteiger partial charge in [0.1, 0.15) is 5.75 Å². The number of carbonyl (C=O) groups is 1. The fourth-order valence-corrected chi connectivity index (χ4v) is 1.48. The molecule has 0 atom stereocenters. The fourth-order valence-electron chi connectivity index (χ4n) is 1.48. The third-order valence-corrected chi connectivity index (χ3v) is 2.95. The summed E-state index contributed by atoms with van der Waals surface area (Å²) in [5, 5.41) is 0. The fraction of sp³-hybridized carbons (Fsp3) is 0.500. The maximum atomic E-state index is 12.9.